The van der Waals surface area contributed by atoms with E-state index >= 15 is 0 Å². The summed E-state index contributed by atoms with van der Waals surface area (Å²) in [5, 5.41) is 3.01. The zero-order valence-electron chi connectivity index (χ0n) is 14.9. The molecule has 0 radical (unpaired) electrons. The zero-order chi connectivity index (χ0) is 17.7. The first-order chi connectivity index (χ1) is 11.4. The van der Waals surface area contributed by atoms with Crippen molar-refractivity contribution in [2.75, 3.05) is 13.1 Å². The number of nitrogens with zero attached hydrogens (tertiary/aromatic N) is 1. The molecule has 0 aliphatic carbocycles. The topological polar surface area (TPSA) is 75.4 Å². The van der Waals surface area contributed by atoms with Gasteiger partial charge in [0, 0.05) is 0 Å². The molecule has 1 aliphatic heterocycles. The van der Waals surface area contributed by atoms with Gasteiger partial charge in [0.1, 0.15) is 0 Å². The number of amides is 2. The third-order valence-electron chi connectivity index (χ3n) is 4.54. The number of nitrogens with two attached hydrogens (primary N) is 1. The molecule has 1 heterocycles. The third kappa shape index (κ3) is 5.06. The predicted molar refractivity (Wildman–Crippen MR) is 95.3 cm³/mol. The summed E-state index contributed by atoms with van der Waals surface area (Å²) in [6, 6.07) is 8.04. The smallest absolute Gasteiger partial charge is 0.234 e. The van der Waals surface area contributed by atoms with E-state index in [4.69, 9.17) is 5.73 Å². The second-order valence-corrected chi connectivity index (χ2v) is 7.16. The van der Waals surface area contributed by atoms with Gasteiger partial charge < -0.3 is 11.1 Å². The quantitative estimate of drug-likeness (QED) is 0.802. The van der Waals surface area contributed by atoms with Crippen LogP contribution in [-0.2, 0) is 16.0 Å². The van der Waals surface area contributed by atoms with Crippen LogP contribution in [-0.4, -0.2) is 35.8 Å². The molecule has 1 saturated heterocycles. The molecular weight excluding hydrogens is 302 g/mol. The molecule has 0 bridgehead atoms. The summed E-state index contributed by atoms with van der Waals surface area (Å²) >= 11 is 0. The number of rotatable bonds is 7. The zero-order valence-corrected chi connectivity index (χ0v) is 14.9. The minimum absolute atomic E-state index is 0.0553. The molecule has 3 N–H and O–H groups in total. The van der Waals surface area contributed by atoms with Crippen LogP contribution in [0.4, 0.5) is 0 Å². The van der Waals surface area contributed by atoms with Crippen molar-refractivity contribution in [1.82, 2.24) is 10.2 Å². The highest BCUT2D eigenvalue weighted by Gasteiger charge is 2.30. The maximum Gasteiger partial charge on any atom is 0.234 e. The highest BCUT2D eigenvalue weighted by molar-refractivity contribution is 5.83. The first kappa shape index (κ1) is 18.5. The largest absolute Gasteiger partial charge is 0.368 e. The lowest BCUT2D eigenvalue weighted by molar-refractivity contribution is -0.126. The van der Waals surface area contributed by atoms with Crippen molar-refractivity contribution in [3.8, 4) is 0 Å². The maximum atomic E-state index is 12.3. The van der Waals surface area contributed by atoms with Crippen LogP contribution in [0.15, 0.2) is 24.3 Å². The number of carbonyl (C=O) groups is 2. The average Bonchev–Trinajstić information content (AvgIpc) is 2.95. The Bertz CT molecular complexity index is 568. The normalized spacial score (nSPS) is 19.4. The standard InChI is InChI=1S/C19H29N3O2/c1-13(2)11-15-6-8-16(9-7-15)14(3)21-18(23)12-22-10-4-5-17(22)19(20)24/h6-9,13-14,17H,4-5,10-12H2,1-3H3,(H2,20,24)(H,21,23)/t14-,17+/m1/s1. The number of hydrogen-bond donors (Lipinski definition) is 2. The fourth-order valence-corrected chi connectivity index (χ4v) is 3.31. The second kappa shape index (κ2) is 8.29. The molecular formula is C19H29N3O2. The van der Waals surface area contributed by atoms with Crippen LogP contribution in [0.5, 0.6) is 0 Å². The van der Waals surface area contributed by atoms with Crippen molar-refractivity contribution in [1.29, 1.82) is 0 Å². The molecule has 2 amide bonds. The molecule has 1 aromatic carbocycles. The molecule has 5 heteroatoms. The van der Waals surface area contributed by atoms with Crippen molar-refractivity contribution >= 4 is 11.8 Å². The van der Waals surface area contributed by atoms with Crippen LogP contribution in [0, 0.1) is 5.92 Å². The Morgan fingerprint density at radius 2 is 1.92 bits per heavy atom. The van der Waals surface area contributed by atoms with Gasteiger partial charge in [-0.3, -0.25) is 14.5 Å². The van der Waals surface area contributed by atoms with E-state index in [0.29, 0.717) is 5.92 Å². The molecule has 0 unspecified atom stereocenters. The summed E-state index contributed by atoms with van der Waals surface area (Å²) in [5.74, 6) is 0.225. The van der Waals surface area contributed by atoms with E-state index in [2.05, 4.69) is 43.4 Å². The van der Waals surface area contributed by atoms with Gasteiger partial charge in [-0.15, -0.1) is 0 Å². The van der Waals surface area contributed by atoms with Crippen LogP contribution < -0.4 is 11.1 Å². The molecule has 0 saturated carbocycles. The van der Waals surface area contributed by atoms with Crippen molar-refractivity contribution in [2.24, 2.45) is 11.7 Å². The fourth-order valence-electron chi connectivity index (χ4n) is 3.31. The SMILES string of the molecule is CC(C)Cc1ccc([C@@H](C)NC(=O)CN2CCC[C@H]2C(N)=O)cc1. The van der Waals surface area contributed by atoms with E-state index in [0.717, 1.165) is 31.4 Å². The van der Waals surface area contributed by atoms with E-state index in [1.54, 1.807) is 0 Å². The van der Waals surface area contributed by atoms with Gasteiger partial charge in [-0.05, 0) is 49.8 Å². The Labute approximate surface area is 144 Å². The van der Waals surface area contributed by atoms with Gasteiger partial charge in [-0.1, -0.05) is 38.1 Å². The van der Waals surface area contributed by atoms with Crippen LogP contribution in [0.3, 0.4) is 0 Å². The minimum atomic E-state index is -0.339. The number of benzene rings is 1. The Hall–Kier alpha value is -1.88. The summed E-state index contributed by atoms with van der Waals surface area (Å²) in [7, 11) is 0. The molecule has 1 aromatic rings. The van der Waals surface area contributed by atoms with Gasteiger partial charge in [0.25, 0.3) is 0 Å². The summed E-state index contributed by atoms with van der Waals surface area (Å²) in [6.45, 7) is 7.36. The maximum absolute atomic E-state index is 12.3. The van der Waals surface area contributed by atoms with E-state index < -0.39 is 0 Å². The van der Waals surface area contributed by atoms with Crippen molar-refractivity contribution in [3.05, 3.63) is 35.4 Å². The minimum Gasteiger partial charge on any atom is -0.368 e. The lowest BCUT2D eigenvalue weighted by Crippen LogP contribution is -2.45. The molecule has 1 fully saturated rings. The predicted octanol–water partition coefficient (Wildman–Crippen LogP) is 2.01. The van der Waals surface area contributed by atoms with Gasteiger partial charge in [0.05, 0.1) is 18.6 Å². The van der Waals surface area contributed by atoms with Crippen molar-refractivity contribution in [2.45, 2.75) is 52.1 Å². The Kier molecular flexibility index (Phi) is 6.37. The van der Waals surface area contributed by atoms with E-state index in [9.17, 15) is 9.59 Å². The summed E-state index contributed by atoms with van der Waals surface area (Å²) < 4.78 is 0. The Morgan fingerprint density at radius 3 is 2.50 bits per heavy atom. The molecule has 0 aromatic heterocycles. The number of primary amides is 1. The first-order valence-corrected chi connectivity index (χ1v) is 8.78. The molecule has 5 nitrogen and oxygen atoms in total. The first-order valence-electron chi connectivity index (χ1n) is 8.78. The highest BCUT2D eigenvalue weighted by atomic mass is 16.2. The lowest BCUT2D eigenvalue weighted by Gasteiger charge is -2.22. The van der Waals surface area contributed by atoms with Crippen LogP contribution in [0.25, 0.3) is 0 Å². The lowest BCUT2D eigenvalue weighted by atomic mass is 10.00. The summed E-state index contributed by atoms with van der Waals surface area (Å²) in [5.41, 5.74) is 7.79. The monoisotopic (exact) mass is 331 g/mol. The van der Waals surface area contributed by atoms with Gasteiger partial charge in [-0.25, -0.2) is 0 Å². The molecule has 2 rings (SSSR count). The van der Waals surface area contributed by atoms with Crippen LogP contribution in [0.2, 0.25) is 0 Å². The van der Waals surface area contributed by atoms with E-state index in [-0.39, 0.29) is 30.4 Å². The summed E-state index contributed by atoms with van der Waals surface area (Å²) in [4.78, 5) is 25.5. The van der Waals surface area contributed by atoms with Gasteiger partial charge >= 0.3 is 0 Å². The highest BCUT2D eigenvalue weighted by Crippen LogP contribution is 2.18. The Morgan fingerprint density at radius 1 is 1.25 bits per heavy atom. The van der Waals surface area contributed by atoms with Gasteiger partial charge in [-0.2, -0.15) is 0 Å². The van der Waals surface area contributed by atoms with Crippen molar-refractivity contribution < 1.29 is 9.59 Å². The van der Waals surface area contributed by atoms with Crippen LogP contribution in [0.1, 0.15) is 50.8 Å². The third-order valence-corrected chi connectivity index (χ3v) is 4.54. The number of carbonyl (C=O) groups excluding carboxylic acids is 2. The second-order valence-electron chi connectivity index (χ2n) is 7.16. The number of hydrogen-bond acceptors (Lipinski definition) is 3. The van der Waals surface area contributed by atoms with E-state index in [1.165, 1.54) is 5.56 Å². The number of nitrogens with one attached hydrogen (secondary N) is 1. The van der Waals surface area contributed by atoms with Gasteiger partial charge in [0.2, 0.25) is 11.8 Å². The fraction of sp³-hybridized carbons (Fsp3) is 0.579. The molecule has 1 aliphatic rings. The van der Waals surface area contributed by atoms with Crippen molar-refractivity contribution in [3.63, 3.8) is 0 Å². The summed E-state index contributed by atoms with van der Waals surface area (Å²) in [6.07, 6.45) is 2.72. The average molecular weight is 331 g/mol. The molecule has 0 spiro atoms. The Balaban J connectivity index is 1.88. The van der Waals surface area contributed by atoms with Gasteiger partial charge in [0.15, 0.2) is 0 Å². The number of likely N-dealkylation sites (tertiary alicyclic amines) is 1. The molecule has 24 heavy (non-hydrogen) atoms. The van der Waals surface area contributed by atoms with E-state index in [1.807, 2.05) is 11.8 Å². The molecule has 2 atom stereocenters. The van der Waals surface area contributed by atoms with Crippen LogP contribution >= 0.6 is 0 Å². The molecule has 132 valence electrons.